The molecule has 0 spiro atoms. The maximum atomic E-state index is 11.0. The molecule has 2 heterocycles. The lowest BCUT2D eigenvalue weighted by molar-refractivity contribution is 0.310. The molecule has 4 nitrogen and oxygen atoms in total. The van der Waals surface area contributed by atoms with E-state index in [0.717, 1.165) is 6.42 Å². The molecule has 0 saturated carbocycles. The molecule has 0 saturated heterocycles. The van der Waals surface area contributed by atoms with Crippen molar-refractivity contribution in [2.45, 2.75) is 11.3 Å². The Morgan fingerprint density at radius 3 is 2.72 bits per heavy atom. The van der Waals surface area contributed by atoms with Crippen molar-refractivity contribution in [2.24, 2.45) is 0 Å². The summed E-state index contributed by atoms with van der Waals surface area (Å²) in [6, 6.07) is 6.88. The first-order chi connectivity index (χ1) is 8.55. The van der Waals surface area contributed by atoms with Gasteiger partial charge in [-0.15, -0.1) is 11.3 Å². The highest BCUT2D eigenvalue weighted by molar-refractivity contribution is 8.13. The van der Waals surface area contributed by atoms with Crippen LogP contribution in [0.5, 0.6) is 5.88 Å². The Hall–Kier alpha value is -1.11. The first-order valence-corrected chi connectivity index (χ1v) is 8.30. The van der Waals surface area contributed by atoms with Crippen molar-refractivity contribution in [2.75, 3.05) is 6.61 Å². The van der Waals surface area contributed by atoms with Crippen molar-refractivity contribution >= 4 is 31.1 Å². The molecule has 0 amide bonds. The molecule has 0 aromatic carbocycles. The molecule has 0 aliphatic heterocycles. The summed E-state index contributed by atoms with van der Waals surface area (Å²) in [7, 11) is 1.46. The molecule has 2 aromatic rings. The van der Waals surface area contributed by atoms with E-state index in [1.54, 1.807) is 11.3 Å². The van der Waals surface area contributed by atoms with Gasteiger partial charge in [0.25, 0.3) is 9.05 Å². The fourth-order valence-corrected chi connectivity index (χ4v) is 2.68. The Bertz CT molecular complexity index is 594. The SMILES string of the molecule is O=S(=O)(Cl)c1ccc(OCCc2cccs2)nc1. The average Bonchev–Trinajstić information content (AvgIpc) is 2.82. The summed E-state index contributed by atoms with van der Waals surface area (Å²) in [6.45, 7) is 0.500. The number of aromatic nitrogens is 1. The molecule has 2 aromatic heterocycles. The standard InChI is InChI=1S/C11H10ClNO3S2/c12-18(14,15)10-3-4-11(13-8-10)16-6-5-9-2-1-7-17-9/h1-4,7-8H,5-6H2. The highest BCUT2D eigenvalue weighted by Crippen LogP contribution is 2.16. The van der Waals surface area contributed by atoms with E-state index in [2.05, 4.69) is 4.98 Å². The topological polar surface area (TPSA) is 56.3 Å². The Balaban J connectivity index is 1.91. The van der Waals surface area contributed by atoms with Gasteiger partial charge in [-0.3, -0.25) is 0 Å². The molecule has 2 rings (SSSR count). The van der Waals surface area contributed by atoms with Crippen LogP contribution in [0.15, 0.2) is 40.7 Å². The summed E-state index contributed by atoms with van der Waals surface area (Å²) in [5, 5.41) is 2.01. The summed E-state index contributed by atoms with van der Waals surface area (Å²) in [4.78, 5) is 5.08. The Morgan fingerprint density at radius 2 is 2.17 bits per heavy atom. The second kappa shape index (κ2) is 5.69. The van der Waals surface area contributed by atoms with Crippen LogP contribution in [-0.4, -0.2) is 20.0 Å². The van der Waals surface area contributed by atoms with Crippen molar-refractivity contribution in [1.29, 1.82) is 0 Å². The van der Waals surface area contributed by atoms with Crippen LogP contribution in [0.2, 0.25) is 0 Å². The van der Waals surface area contributed by atoms with E-state index in [1.165, 1.54) is 23.2 Å². The molecular weight excluding hydrogens is 294 g/mol. The molecule has 18 heavy (non-hydrogen) atoms. The second-order valence-electron chi connectivity index (χ2n) is 3.45. The third-order valence-corrected chi connectivity index (χ3v) is 4.44. The van der Waals surface area contributed by atoms with Gasteiger partial charge in [0.2, 0.25) is 5.88 Å². The van der Waals surface area contributed by atoms with Gasteiger partial charge in [0, 0.05) is 28.0 Å². The first-order valence-electron chi connectivity index (χ1n) is 5.11. The highest BCUT2D eigenvalue weighted by Gasteiger charge is 2.10. The lowest BCUT2D eigenvalue weighted by atomic mass is 10.4. The third kappa shape index (κ3) is 3.69. The van der Waals surface area contributed by atoms with Gasteiger partial charge in [0.05, 0.1) is 12.8 Å². The predicted octanol–water partition coefficient (Wildman–Crippen LogP) is 2.69. The van der Waals surface area contributed by atoms with E-state index < -0.39 is 9.05 Å². The van der Waals surface area contributed by atoms with Crippen LogP contribution >= 0.6 is 22.0 Å². The van der Waals surface area contributed by atoms with Gasteiger partial charge in [-0.25, -0.2) is 13.4 Å². The molecule has 0 unspecified atom stereocenters. The first kappa shape index (κ1) is 13.3. The van der Waals surface area contributed by atoms with Crippen molar-refractivity contribution in [3.8, 4) is 5.88 Å². The average molecular weight is 304 g/mol. The quantitative estimate of drug-likeness (QED) is 0.797. The highest BCUT2D eigenvalue weighted by atomic mass is 35.7. The number of thiophene rings is 1. The lowest BCUT2D eigenvalue weighted by Crippen LogP contribution is -2.02. The van der Waals surface area contributed by atoms with Crippen molar-refractivity contribution in [1.82, 2.24) is 4.98 Å². The second-order valence-corrected chi connectivity index (χ2v) is 7.05. The minimum absolute atomic E-state index is 0.0326. The van der Waals surface area contributed by atoms with Crippen LogP contribution in [0, 0.1) is 0 Å². The number of hydrogen-bond acceptors (Lipinski definition) is 5. The Morgan fingerprint density at radius 1 is 1.33 bits per heavy atom. The van der Waals surface area contributed by atoms with Crippen LogP contribution in [0.1, 0.15) is 4.88 Å². The molecule has 7 heteroatoms. The minimum Gasteiger partial charge on any atom is -0.477 e. The Labute approximate surface area is 114 Å². The van der Waals surface area contributed by atoms with E-state index in [0.29, 0.717) is 12.5 Å². The van der Waals surface area contributed by atoms with Crippen molar-refractivity contribution in [3.63, 3.8) is 0 Å². The molecule has 0 radical (unpaired) electrons. The van der Waals surface area contributed by atoms with Gasteiger partial charge < -0.3 is 4.74 Å². The molecule has 0 N–H and O–H groups in total. The monoisotopic (exact) mass is 303 g/mol. The zero-order valence-corrected chi connectivity index (χ0v) is 11.6. The number of pyridine rings is 1. The molecule has 0 aliphatic rings. The van der Waals surface area contributed by atoms with Crippen molar-refractivity contribution < 1.29 is 13.2 Å². The molecule has 0 atom stereocenters. The summed E-state index contributed by atoms with van der Waals surface area (Å²) in [6.07, 6.45) is 1.98. The fourth-order valence-electron chi connectivity index (χ4n) is 1.31. The van der Waals surface area contributed by atoms with E-state index >= 15 is 0 Å². The summed E-state index contributed by atoms with van der Waals surface area (Å²) < 4.78 is 27.4. The largest absolute Gasteiger partial charge is 0.477 e. The maximum absolute atomic E-state index is 11.0. The van der Waals surface area contributed by atoms with E-state index in [1.807, 2.05) is 17.5 Å². The Kier molecular flexibility index (Phi) is 4.21. The van der Waals surface area contributed by atoms with Crippen LogP contribution in [0.3, 0.4) is 0 Å². The number of halogens is 1. The predicted molar refractivity (Wildman–Crippen MR) is 70.8 cm³/mol. The zero-order chi connectivity index (χ0) is 13.0. The molecular formula is C11H10ClNO3S2. The van der Waals surface area contributed by atoms with Crippen LogP contribution < -0.4 is 4.74 Å². The van der Waals surface area contributed by atoms with Crippen LogP contribution in [0.25, 0.3) is 0 Å². The smallest absolute Gasteiger partial charge is 0.262 e. The molecule has 0 bridgehead atoms. The maximum Gasteiger partial charge on any atom is 0.262 e. The van der Waals surface area contributed by atoms with E-state index in [9.17, 15) is 8.42 Å². The molecule has 0 aliphatic carbocycles. The van der Waals surface area contributed by atoms with E-state index in [4.69, 9.17) is 15.4 Å². The van der Waals surface area contributed by atoms with Gasteiger partial charge in [-0.05, 0) is 17.5 Å². The summed E-state index contributed by atoms with van der Waals surface area (Å²) in [5.41, 5.74) is 0. The van der Waals surface area contributed by atoms with Gasteiger partial charge in [0.15, 0.2) is 0 Å². The fraction of sp³-hybridized carbons (Fsp3) is 0.182. The summed E-state index contributed by atoms with van der Waals surface area (Å²) in [5.74, 6) is 0.385. The third-order valence-electron chi connectivity index (χ3n) is 2.17. The van der Waals surface area contributed by atoms with Gasteiger partial charge in [-0.2, -0.15) is 0 Å². The zero-order valence-electron chi connectivity index (χ0n) is 9.24. The number of hydrogen-bond donors (Lipinski definition) is 0. The molecule has 0 fully saturated rings. The van der Waals surface area contributed by atoms with Crippen molar-refractivity contribution in [3.05, 3.63) is 40.7 Å². The number of rotatable bonds is 5. The van der Waals surface area contributed by atoms with Gasteiger partial charge in [0.1, 0.15) is 4.90 Å². The van der Waals surface area contributed by atoms with Crippen LogP contribution in [0.4, 0.5) is 0 Å². The van der Waals surface area contributed by atoms with Gasteiger partial charge >= 0.3 is 0 Å². The normalized spacial score (nSPS) is 11.4. The van der Waals surface area contributed by atoms with Gasteiger partial charge in [-0.1, -0.05) is 6.07 Å². The summed E-state index contributed by atoms with van der Waals surface area (Å²) >= 11 is 1.67. The minimum atomic E-state index is -3.72. The lowest BCUT2D eigenvalue weighted by Gasteiger charge is -2.04. The van der Waals surface area contributed by atoms with E-state index in [-0.39, 0.29) is 4.90 Å². The van der Waals surface area contributed by atoms with Crippen LogP contribution in [-0.2, 0) is 15.5 Å². The molecule has 96 valence electrons. The number of ether oxygens (including phenoxy) is 1. The number of nitrogens with zero attached hydrogens (tertiary/aromatic N) is 1.